The van der Waals surface area contributed by atoms with Crippen molar-refractivity contribution in [1.29, 1.82) is 0 Å². The first-order valence-corrected chi connectivity index (χ1v) is 18.7. The summed E-state index contributed by atoms with van der Waals surface area (Å²) in [5.41, 5.74) is 2.71. The Balaban J connectivity index is 1.11. The maximum atomic E-state index is 13.5. The van der Waals surface area contributed by atoms with Crippen molar-refractivity contribution in [2.75, 3.05) is 52.8 Å². The van der Waals surface area contributed by atoms with Crippen LogP contribution in [0.15, 0.2) is 35.4 Å². The van der Waals surface area contributed by atoms with E-state index in [1.807, 2.05) is 48.3 Å². The summed E-state index contributed by atoms with van der Waals surface area (Å²) >= 11 is 0. The third kappa shape index (κ3) is 8.25. The van der Waals surface area contributed by atoms with E-state index in [4.69, 9.17) is 9.47 Å². The summed E-state index contributed by atoms with van der Waals surface area (Å²) in [4.78, 5) is 49.4. The Bertz CT molecular complexity index is 1760. The molecule has 3 aliphatic rings. The number of pyridine rings is 2. The van der Waals surface area contributed by atoms with Crippen LogP contribution in [0.2, 0.25) is 0 Å². The van der Waals surface area contributed by atoms with Crippen LogP contribution in [0.3, 0.4) is 0 Å². The molecular weight excluding hydrogens is 646 g/mol. The average Bonchev–Trinajstić information content (AvgIpc) is 3.48. The number of ether oxygens (including phenoxy) is 2. The molecule has 11 heteroatoms. The third-order valence-electron chi connectivity index (χ3n) is 11.5. The van der Waals surface area contributed by atoms with Crippen molar-refractivity contribution in [2.24, 2.45) is 18.9 Å². The Kier molecular flexibility index (Phi) is 11.7. The number of carbonyl (C=O) groups is 2. The second-order valence-corrected chi connectivity index (χ2v) is 15.2. The number of aromatic nitrogens is 2. The van der Waals surface area contributed by atoms with E-state index in [0.717, 1.165) is 84.6 Å². The Morgan fingerprint density at radius 1 is 0.902 bits per heavy atom. The van der Waals surface area contributed by atoms with Crippen LogP contribution >= 0.6 is 0 Å². The van der Waals surface area contributed by atoms with Gasteiger partial charge in [0, 0.05) is 83.4 Å². The zero-order valence-corrected chi connectivity index (χ0v) is 31.0. The number of hydrogen-bond donors (Lipinski definition) is 1. The molecule has 2 saturated heterocycles. The molecule has 1 aliphatic carbocycles. The molecule has 2 aliphatic heterocycles. The summed E-state index contributed by atoms with van der Waals surface area (Å²) in [6.45, 7) is 3.35. The van der Waals surface area contributed by atoms with Crippen molar-refractivity contribution in [3.8, 4) is 22.6 Å². The summed E-state index contributed by atoms with van der Waals surface area (Å²) in [5.74, 6) is 3.58. The van der Waals surface area contributed by atoms with Gasteiger partial charge >= 0.3 is 0 Å². The number of hydrogen-bond acceptors (Lipinski definition) is 9. The lowest BCUT2D eigenvalue weighted by molar-refractivity contribution is -0.137. The molecule has 1 aromatic carbocycles. The van der Waals surface area contributed by atoms with Crippen LogP contribution < -0.4 is 19.9 Å². The lowest BCUT2D eigenvalue weighted by Gasteiger charge is -2.35. The summed E-state index contributed by atoms with van der Waals surface area (Å²) in [7, 11) is 9.00. The predicted octanol–water partition coefficient (Wildman–Crippen LogP) is 5.18. The van der Waals surface area contributed by atoms with Crippen LogP contribution in [0, 0.1) is 11.8 Å². The topological polar surface area (TPSA) is 117 Å². The number of methoxy groups -OCH3 is 2. The summed E-state index contributed by atoms with van der Waals surface area (Å²) < 4.78 is 13.6. The monoisotopic (exact) mass is 701 g/mol. The Hall–Kier alpha value is -3.96. The molecule has 4 unspecified atom stereocenters. The van der Waals surface area contributed by atoms with E-state index in [9.17, 15) is 19.5 Å². The molecule has 0 bridgehead atoms. The fourth-order valence-corrected chi connectivity index (χ4v) is 8.54. The number of aryl methyl sites for hydroxylation is 1. The summed E-state index contributed by atoms with van der Waals surface area (Å²) in [6.07, 6.45) is 11.6. The molecule has 1 N–H and O–H groups in total. The Labute approximate surface area is 301 Å². The number of carbonyl (C=O) groups excluding carboxylic acids is 2. The minimum Gasteiger partial charge on any atom is -0.496 e. The molecule has 4 atom stereocenters. The van der Waals surface area contributed by atoms with Gasteiger partial charge in [0.05, 0.1) is 37.3 Å². The highest BCUT2D eigenvalue weighted by molar-refractivity contribution is 5.97. The number of likely N-dealkylation sites (tertiary alicyclic amines) is 2. The van der Waals surface area contributed by atoms with Gasteiger partial charge in [0.15, 0.2) is 0 Å². The van der Waals surface area contributed by atoms with E-state index in [1.165, 1.54) is 0 Å². The van der Waals surface area contributed by atoms with Crippen molar-refractivity contribution in [3.63, 3.8) is 0 Å². The van der Waals surface area contributed by atoms with Gasteiger partial charge in [0.25, 0.3) is 5.56 Å². The minimum atomic E-state index is -0.543. The van der Waals surface area contributed by atoms with Gasteiger partial charge < -0.3 is 28.9 Å². The second kappa shape index (κ2) is 16.2. The van der Waals surface area contributed by atoms with Gasteiger partial charge in [-0.3, -0.25) is 19.3 Å². The maximum Gasteiger partial charge on any atom is 0.259 e. The lowest BCUT2D eigenvalue weighted by Crippen LogP contribution is -2.47. The van der Waals surface area contributed by atoms with Gasteiger partial charge in [-0.25, -0.2) is 4.98 Å². The molecule has 2 aromatic heterocycles. The molecule has 3 fully saturated rings. The van der Waals surface area contributed by atoms with Crippen LogP contribution in [0.4, 0.5) is 5.82 Å². The van der Waals surface area contributed by atoms with Crippen molar-refractivity contribution in [3.05, 3.63) is 46.5 Å². The number of nitrogens with zero attached hydrogens (tertiary/aromatic N) is 5. The first kappa shape index (κ1) is 36.8. The van der Waals surface area contributed by atoms with Crippen LogP contribution in [0.1, 0.15) is 76.2 Å². The number of aliphatic hydroxyl groups excluding tert-OH is 1. The van der Waals surface area contributed by atoms with Crippen molar-refractivity contribution >= 4 is 28.3 Å². The third-order valence-corrected chi connectivity index (χ3v) is 11.5. The van der Waals surface area contributed by atoms with Crippen LogP contribution in [-0.2, 0) is 23.2 Å². The minimum absolute atomic E-state index is 0.0953. The van der Waals surface area contributed by atoms with Gasteiger partial charge in [-0.05, 0) is 93.5 Å². The van der Waals surface area contributed by atoms with Gasteiger partial charge in [0.1, 0.15) is 23.1 Å². The molecular formula is C40H55N5O6. The van der Waals surface area contributed by atoms with Crippen LogP contribution in [-0.4, -0.2) is 96.2 Å². The standard InChI is InChI=1S/C40H55N5O6/c1-42(2)38-21-30-31(22-41-38)40(49)43(3)24-32(30)28-19-36(50-4)33(37(20-28)51-5)25-44-17-15-27(23-44)12-11-26-8-7-16-45(39(48)18-26)34-14-13-29(46)9-6-10-35(34)47/h19-22,24,26-27,34-35,47H,6-18,23,25H2,1-5H3. The Morgan fingerprint density at radius 2 is 1.65 bits per heavy atom. The molecule has 276 valence electrons. The summed E-state index contributed by atoms with van der Waals surface area (Å²) in [5, 5.41) is 12.2. The smallest absolute Gasteiger partial charge is 0.259 e. The second-order valence-electron chi connectivity index (χ2n) is 15.2. The van der Waals surface area contributed by atoms with Gasteiger partial charge in [0.2, 0.25) is 5.91 Å². The number of aliphatic hydroxyl groups is 1. The van der Waals surface area contributed by atoms with E-state index >= 15 is 0 Å². The number of rotatable bonds is 10. The molecule has 4 heterocycles. The largest absolute Gasteiger partial charge is 0.496 e. The number of anilines is 1. The van der Waals surface area contributed by atoms with E-state index in [-0.39, 0.29) is 23.3 Å². The van der Waals surface area contributed by atoms with E-state index in [2.05, 4.69) is 9.88 Å². The number of fused-ring (bicyclic) bond motifs is 1. The highest BCUT2D eigenvalue weighted by atomic mass is 16.5. The quantitative estimate of drug-likeness (QED) is 0.305. The maximum absolute atomic E-state index is 13.5. The first-order valence-electron chi connectivity index (χ1n) is 18.7. The molecule has 6 rings (SSSR count). The van der Waals surface area contributed by atoms with Crippen molar-refractivity contribution < 1.29 is 24.2 Å². The van der Waals surface area contributed by atoms with Gasteiger partial charge in [-0.2, -0.15) is 0 Å². The van der Waals surface area contributed by atoms with E-state index < -0.39 is 6.10 Å². The number of ketones is 1. The van der Waals surface area contributed by atoms with Crippen LogP contribution in [0.25, 0.3) is 21.9 Å². The van der Waals surface area contributed by atoms with E-state index in [0.29, 0.717) is 68.8 Å². The first-order chi connectivity index (χ1) is 24.6. The van der Waals surface area contributed by atoms with E-state index in [1.54, 1.807) is 32.0 Å². The molecule has 3 aromatic rings. The number of amides is 1. The summed E-state index contributed by atoms with van der Waals surface area (Å²) in [6, 6.07) is 5.80. The van der Waals surface area contributed by atoms with Crippen molar-refractivity contribution in [1.82, 2.24) is 19.4 Å². The molecule has 1 saturated carbocycles. The van der Waals surface area contributed by atoms with Gasteiger partial charge in [-0.1, -0.05) is 0 Å². The predicted molar refractivity (Wildman–Crippen MR) is 199 cm³/mol. The fraction of sp³-hybridized carbons (Fsp3) is 0.600. The zero-order chi connectivity index (χ0) is 36.2. The van der Waals surface area contributed by atoms with Gasteiger partial charge in [-0.15, -0.1) is 0 Å². The Morgan fingerprint density at radius 3 is 2.37 bits per heavy atom. The highest BCUT2D eigenvalue weighted by Crippen LogP contribution is 2.39. The number of Topliss-reactive ketones (excluding diaryl/α,β-unsaturated/α-hetero) is 1. The molecule has 0 radical (unpaired) electrons. The molecule has 11 nitrogen and oxygen atoms in total. The average molecular weight is 702 g/mol. The molecule has 0 spiro atoms. The SMILES string of the molecule is COc1cc(-c2cn(C)c(=O)c3cnc(N(C)C)cc23)cc(OC)c1CN1CCC(CCC2CCCN(C3CCC(=O)CCCC3O)C(=O)C2)C1. The molecule has 51 heavy (non-hydrogen) atoms. The fourth-order valence-electron chi connectivity index (χ4n) is 8.54. The lowest BCUT2D eigenvalue weighted by atomic mass is 9.90. The highest BCUT2D eigenvalue weighted by Gasteiger charge is 2.34. The van der Waals surface area contributed by atoms with Crippen LogP contribution in [0.5, 0.6) is 11.5 Å². The molecule has 1 amide bonds. The normalized spacial score (nSPS) is 23.6. The van der Waals surface area contributed by atoms with Crippen molar-refractivity contribution in [2.45, 2.75) is 89.3 Å². The number of benzene rings is 1. The zero-order valence-electron chi connectivity index (χ0n) is 31.0.